The topological polar surface area (TPSA) is 54.2 Å². The van der Waals surface area contributed by atoms with E-state index in [4.69, 9.17) is 4.52 Å². The van der Waals surface area contributed by atoms with E-state index in [9.17, 15) is 0 Å². The summed E-state index contributed by atoms with van der Waals surface area (Å²) in [7, 11) is 0. The number of likely N-dealkylation sites (tertiary alicyclic amines) is 1. The summed E-state index contributed by atoms with van der Waals surface area (Å²) in [5, 5.41) is 7.60. The first kappa shape index (κ1) is 11.2. The van der Waals surface area contributed by atoms with Gasteiger partial charge in [-0.2, -0.15) is 4.98 Å². The van der Waals surface area contributed by atoms with Crippen molar-refractivity contribution in [2.75, 3.05) is 19.6 Å². The second kappa shape index (κ2) is 4.74. The van der Waals surface area contributed by atoms with Crippen LogP contribution in [0, 0.1) is 5.92 Å². The van der Waals surface area contributed by atoms with E-state index in [2.05, 4.69) is 20.4 Å². The van der Waals surface area contributed by atoms with Crippen molar-refractivity contribution in [2.45, 2.75) is 38.8 Å². The monoisotopic (exact) mass is 236 g/mol. The molecule has 2 atom stereocenters. The standard InChI is InChI=1S/C12H20N4O/c1-2-12-14-11(15-17-12)8-16-6-4-10-9(7-16)3-5-13-10/h9-10,13H,2-8H2,1H3. The second-order valence-electron chi connectivity index (χ2n) is 5.09. The van der Waals surface area contributed by atoms with E-state index in [1.54, 1.807) is 0 Å². The van der Waals surface area contributed by atoms with E-state index in [0.717, 1.165) is 43.2 Å². The van der Waals surface area contributed by atoms with Crippen LogP contribution in [-0.2, 0) is 13.0 Å². The lowest BCUT2D eigenvalue weighted by atomic mass is 9.93. The number of aromatic nitrogens is 2. The molecule has 0 aromatic carbocycles. The van der Waals surface area contributed by atoms with Gasteiger partial charge in [-0.25, -0.2) is 0 Å². The van der Waals surface area contributed by atoms with Gasteiger partial charge in [-0.05, 0) is 25.3 Å². The summed E-state index contributed by atoms with van der Waals surface area (Å²) in [6, 6.07) is 0.753. The van der Waals surface area contributed by atoms with Crippen molar-refractivity contribution in [2.24, 2.45) is 5.92 Å². The van der Waals surface area contributed by atoms with Gasteiger partial charge in [0.1, 0.15) is 0 Å². The smallest absolute Gasteiger partial charge is 0.226 e. The molecule has 0 amide bonds. The van der Waals surface area contributed by atoms with Crippen molar-refractivity contribution < 1.29 is 4.52 Å². The minimum absolute atomic E-state index is 0.748. The Morgan fingerprint density at radius 2 is 2.41 bits per heavy atom. The van der Waals surface area contributed by atoms with Gasteiger partial charge in [0.15, 0.2) is 5.82 Å². The van der Waals surface area contributed by atoms with Crippen LogP contribution in [0.25, 0.3) is 0 Å². The van der Waals surface area contributed by atoms with Crippen molar-refractivity contribution in [3.63, 3.8) is 0 Å². The quantitative estimate of drug-likeness (QED) is 0.842. The second-order valence-corrected chi connectivity index (χ2v) is 5.09. The van der Waals surface area contributed by atoms with Gasteiger partial charge in [0.25, 0.3) is 0 Å². The molecular formula is C12H20N4O. The zero-order valence-corrected chi connectivity index (χ0v) is 10.4. The molecule has 5 nitrogen and oxygen atoms in total. The first-order valence-corrected chi connectivity index (χ1v) is 6.62. The lowest BCUT2D eigenvalue weighted by Gasteiger charge is -2.33. The first-order chi connectivity index (χ1) is 8.35. The molecule has 0 saturated carbocycles. The maximum Gasteiger partial charge on any atom is 0.226 e. The average Bonchev–Trinajstić information content (AvgIpc) is 2.96. The van der Waals surface area contributed by atoms with Crippen LogP contribution in [0.5, 0.6) is 0 Å². The summed E-state index contributed by atoms with van der Waals surface area (Å²) in [6.07, 6.45) is 3.39. The van der Waals surface area contributed by atoms with E-state index in [0.29, 0.717) is 0 Å². The number of nitrogens with one attached hydrogen (secondary N) is 1. The summed E-state index contributed by atoms with van der Waals surface area (Å²) in [5.41, 5.74) is 0. The Bertz CT molecular complexity index is 378. The van der Waals surface area contributed by atoms with Gasteiger partial charge in [0, 0.05) is 25.6 Å². The van der Waals surface area contributed by atoms with Gasteiger partial charge in [-0.1, -0.05) is 12.1 Å². The van der Waals surface area contributed by atoms with E-state index in [1.165, 1.54) is 25.9 Å². The SMILES string of the molecule is CCc1nc(CN2CCC3NCCC3C2)no1. The Labute approximate surface area is 102 Å². The minimum atomic E-state index is 0.748. The number of fused-ring (bicyclic) bond motifs is 1. The van der Waals surface area contributed by atoms with E-state index in [-0.39, 0.29) is 0 Å². The van der Waals surface area contributed by atoms with Gasteiger partial charge >= 0.3 is 0 Å². The van der Waals surface area contributed by atoms with Crippen LogP contribution in [0.3, 0.4) is 0 Å². The summed E-state index contributed by atoms with van der Waals surface area (Å²) < 4.78 is 5.14. The van der Waals surface area contributed by atoms with Crippen molar-refractivity contribution in [1.82, 2.24) is 20.4 Å². The molecule has 1 N–H and O–H groups in total. The number of nitrogens with zero attached hydrogens (tertiary/aromatic N) is 3. The molecule has 0 radical (unpaired) electrons. The zero-order chi connectivity index (χ0) is 11.7. The molecule has 0 aliphatic carbocycles. The highest BCUT2D eigenvalue weighted by atomic mass is 16.5. The summed E-state index contributed by atoms with van der Waals surface area (Å²) in [6.45, 7) is 6.38. The number of piperidine rings is 1. The molecule has 94 valence electrons. The van der Waals surface area contributed by atoms with Crippen LogP contribution in [0.4, 0.5) is 0 Å². The Hall–Kier alpha value is -0.940. The summed E-state index contributed by atoms with van der Waals surface area (Å²) >= 11 is 0. The molecule has 2 aliphatic rings. The lowest BCUT2D eigenvalue weighted by molar-refractivity contribution is 0.151. The Balaban J connectivity index is 1.58. The molecule has 2 fully saturated rings. The minimum Gasteiger partial charge on any atom is -0.339 e. The summed E-state index contributed by atoms with van der Waals surface area (Å²) in [4.78, 5) is 6.83. The van der Waals surface area contributed by atoms with E-state index < -0.39 is 0 Å². The number of aryl methyl sites for hydroxylation is 1. The normalized spacial score (nSPS) is 29.5. The predicted octanol–water partition coefficient (Wildman–Crippen LogP) is 0.816. The van der Waals surface area contributed by atoms with E-state index in [1.807, 2.05) is 6.92 Å². The molecule has 0 spiro atoms. The highest BCUT2D eigenvalue weighted by Gasteiger charge is 2.32. The Kier molecular flexibility index (Phi) is 3.11. The van der Waals surface area contributed by atoms with Crippen LogP contribution >= 0.6 is 0 Å². The molecule has 1 aromatic rings. The molecule has 2 saturated heterocycles. The fourth-order valence-corrected chi connectivity index (χ4v) is 2.96. The maximum atomic E-state index is 5.14. The van der Waals surface area contributed by atoms with Crippen LogP contribution in [0.1, 0.15) is 31.5 Å². The fourth-order valence-electron chi connectivity index (χ4n) is 2.96. The number of rotatable bonds is 3. The third-order valence-electron chi connectivity index (χ3n) is 3.92. The van der Waals surface area contributed by atoms with Gasteiger partial charge in [0.05, 0.1) is 6.54 Å². The Morgan fingerprint density at radius 3 is 3.24 bits per heavy atom. The van der Waals surface area contributed by atoms with Crippen LogP contribution in [0.15, 0.2) is 4.52 Å². The Morgan fingerprint density at radius 1 is 1.47 bits per heavy atom. The fraction of sp³-hybridized carbons (Fsp3) is 0.833. The number of hydrogen-bond donors (Lipinski definition) is 1. The molecule has 3 rings (SSSR count). The lowest BCUT2D eigenvalue weighted by Crippen LogP contribution is -2.44. The molecule has 0 bridgehead atoms. The highest BCUT2D eigenvalue weighted by Crippen LogP contribution is 2.25. The third kappa shape index (κ3) is 2.35. The molecule has 3 heterocycles. The average molecular weight is 236 g/mol. The third-order valence-corrected chi connectivity index (χ3v) is 3.92. The van der Waals surface area contributed by atoms with Gasteiger partial charge < -0.3 is 9.84 Å². The zero-order valence-electron chi connectivity index (χ0n) is 10.4. The van der Waals surface area contributed by atoms with Crippen molar-refractivity contribution >= 4 is 0 Å². The molecular weight excluding hydrogens is 216 g/mol. The molecule has 17 heavy (non-hydrogen) atoms. The maximum absolute atomic E-state index is 5.14. The van der Waals surface area contributed by atoms with Crippen LogP contribution < -0.4 is 5.32 Å². The van der Waals surface area contributed by atoms with Crippen LogP contribution in [-0.4, -0.2) is 40.7 Å². The van der Waals surface area contributed by atoms with Crippen LogP contribution in [0.2, 0.25) is 0 Å². The molecule has 5 heteroatoms. The molecule has 2 unspecified atom stereocenters. The first-order valence-electron chi connectivity index (χ1n) is 6.62. The summed E-state index contributed by atoms with van der Waals surface area (Å²) in [5.74, 6) is 2.41. The highest BCUT2D eigenvalue weighted by molar-refractivity contribution is 4.93. The number of hydrogen-bond acceptors (Lipinski definition) is 5. The molecule has 1 aromatic heterocycles. The van der Waals surface area contributed by atoms with E-state index >= 15 is 0 Å². The van der Waals surface area contributed by atoms with Crippen molar-refractivity contribution in [3.05, 3.63) is 11.7 Å². The van der Waals surface area contributed by atoms with Crippen molar-refractivity contribution in [1.29, 1.82) is 0 Å². The van der Waals surface area contributed by atoms with Gasteiger partial charge in [0.2, 0.25) is 5.89 Å². The molecule has 2 aliphatic heterocycles. The largest absolute Gasteiger partial charge is 0.339 e. The van der Waals surface area contributed by atoms with Gasteiger partial charge in [-0.3, -0.25) is 4.90 Å². The predicted molar refractivity (Wildman–Crippen MR) is 63.5 cm³/mol. The van der Waals surface area contributed by atoms with Crippen molar-refractivity contribution in [3.8, 4) is 0 Å². The van der Waals surface area contributed by atoms with Gasteiger partial charge in [-0.15, -0.1) is 0 Å².